The van der Waals surface area contributed by atoms with Gasteiger partial charge in [0.25, 0.3) is 5.41 Å². The molecule has 1 heterocycles. The Morgan fingerprint density at radius 1 is 0.919 bits per heavy atom. The highest BCUT2D eigenvalue weighted by molar-refractivity contribution is 6.19. The molecule has 3 aromatic rings. The van der Waals surface area contributed by atoms with Gasteiger partial charge in [-0.05, 0) is 69.4 Å². The Balaban J connectivity index is 2.04. The molecule has 1 aromatic heterocycles. The molecule has 196 valence electrons. The van der Waals surface area contributed by atoms with Crippen molar-refractivity contribution in [2.75, 3.05) is 19.8 Å². The summed E-state index contributed by atoms with van der Waals surface area (Å²) in [4.78, 5) is 41.0. The molecule has 1 aliphatic rings. The van der Waals surface area contributed by atoms with Gasteiger partial charge in [0.15, 0.2) is 0 Å². The Labute approximate surface area is 215 Å². The van der Waals surface area contributed by atoms with Gasteiger partial charge in [0, 0.05) is 29.1 Å². The maximum absolute atomic E-state index is 14.4. The van der Waals surface area contributed by atoms with E-state index in [4.69, 9.17) is 14.2 Å². The highest BCUT2D eigenvalue weighted by Crippen LogP contribution is 2.50. The average Bonchev–Trinajstić information content (AvgIpc) is 3.19. The summed E-state index contributed by atoms with van der Waals surface area (Å²) in [6.07, 6.45) is 1.54. The van der Waals surface area contributed by atoms with Gasteiger partial charge in [-0.15, -0.1) is 0 Å². The van der Waals surface area contributed by atoms with Crippen molar-refractivity contribution in [3.8, 4) is 0 Å². The second-order valence-corrected chi connectivity index (χ2v) is 9.01. The number of esters is 3. The average molecular weight is 510 g/mol. The molecular formula is C29H32FNO6. The maximum Gasteiger partial charge on any atom is 0.335 e. The minimum absolute atomic E-state index is 0.0306. The van der Waals surface area contributed by atoms with Gasteiger partial charge >= 0.3 is 17.9 Å². The van der Waals surface area contributed by atoms with Gasteiger partial charge in [-0.3, -0.25) is 14.4 Å². The number of nitrogens with zero attached hydrogens (tertiary/aromatic N) is 1. The van der Waals surface area contributed by atoms with E-state index in [0.717, 1.165) is 16.6 Å². The SMILES string of the molecule is CCOC(=O)C(C(=O)OCC)(C(=O)OCC)[C@H]1CCCc2c1n(Cc1ccccc1)c1ccc(F)cc21. The van der Waals surface area contributed by atoms with Crippen LogP contribution in [-0.2, 0) is 41.6 Å². The van der Waals surface area contributed by atoms with Gasteiger partial charge in [0.1, 0.15) is 5.82 Å². The third-order valence-corrected chi connectivity index (χ3v) is 6.92. The molecule has 2 aromatic carbocycles. The molecule has 1 atom stereocenters. The normalized spacial score (nSPS) is 15.2. The molecule has 0 bridgehead atoms. The van der Waals surface area contributed by atoms with Crippen LogP contribution in [0, 0.1) is 11.2 Å². The zero-order chi connectivity index (χ0) is 26.6. The van der Waals surface area contributed by atoms with Crippen molar-refractivity contribution in [3.63, 3.8) is 0 Å². The third-order valence-electron chi connectivity index (χ3n) is 6.92. The van der Waals surface area contributed by atoms with Crippen LogP contribution < -0.4 is 0 Å². The van der Waals surface area contributed by atoms with Crippen LogP contribution in [0.1, 0.15) is 56.4 Å². The van der Waals surface area contributed by atoms with Crippen LogP contribution in [-0.4, -0.2) is 42.3 Å². The molecule has 0 saturated heterocycles. The number of aromatic nitrogens is 1. The van der Waals surface area contributed by atoms with E-state index < -0.39 is 29.2 Å². The zero-order valence-corrected chi connectivity index (χ0v) is 21.4. The largest absolute Gasteiger partial charge is 0.465 e. The number of carbonyl (C=O) groups is 3. The van der Waals surface area contributed by atoms with E-state index in [1.165, 1.54) is 12.1 Å². The molecule has 0 amide bonds. The monoisotopic (exact) mass is 509 g/mol. The van der Waals surface area contributed by atoms with Gasteiger partial charge in [-0.1, -0.05) is 30.3 Å². The fourth-order valence-corrected chi connectivity index (χ4v) is 5.47. The van der Waals surface area contributed by atoms with Crippen molar-refractivity contribution < 1.29 is 33.0 Å². The Morgan fingerprint density at radius 3 is 2.08 bits per heavy atom. The lowest BCUT2D eigenvalue weighted by Crippen LogP contribution is -2.54. The summed E-state index contributed by atoms with van der Waals surface area (Å²) in [6, 6.07) is 14.2. The van der Waals surface area contributed by atoms with Crippen LogP contribution >= 0.6 is 0 Å². The van der Waals surface area contributed by atoms with Crippen LogP contribution in [0.2, 0.25) is 0 Å². The first-order valence-electron chi connectivity index (χ1n) is 12.8. The lowest BCUT2D eigenvalue weighted by molar-refractivity contribution is -0.186. The van der Waals surface area contributed by atoms with Crippen LogP contribution in [0.15, 0.2) is 48.5 Å². The number of hydrogen-bond acceptors (Lipinski definition) is 6. The molecule has 1 aliphatic carbocycles. The molecular weight excluding hydrogens is 477 g/mol. The fourth-order valence-electron chi connectivity index (χ4n) is 5.47. The topological polar surface area (TPSA) is 83.8 Å². The summed E-state index contributed by atoms with van der Waals surface area (Å²) in [6.45, 7) is 5.15. The summed E-state index contributed by atoms with van der Waals surface area (Å²) in [5.41, 5.74) is 0.824. The number of aryl methyl sites for hydroxylation is 1. The van der Waals surface area contributed by atoms with Crippen molar-refractivity contribution in [1.29, 1.82) is 0 Å². The van der Waals surface area contributed by atoms with E-state index in [-0.39, 0.29) is 25.6 Å². The number of fused-ring (bicyclic) bond motifs is 3. The number of benzene rings is 2. The minimum Gasteiger partial charge on any atom is -0.465 e. The second kappa shape index (κ2) is 11.2. The van der Waals surface area contributed by atoms with E-state index in [9.17, 15) is 18.8 Å². The summed E-state index contributed by atoms with van der Waals surface area (Å²) in [5, 5.41) is 0.695. The van der Waals surface area contributed by atoms with Gasteiger partial charge in [-0.2, -0.15) is 0 Å². The van der Waals surface area contributed by atoms with Crippen LogP contribution in [0.25, 0.3) is 10.9 Å². The zero-order valence-electron chi connectivity index (χ0n) is 21.4. The van der Waals surface area contributed by atoms with E-state index in [0.29, 0.717) is 36.9 Å². The minimum atomic E-state index is -2.35. The van der Waals surface area contributed by atoms with E-state index in [1.807, 2.05) is 34.9 Å². The van der Waals surface area contributed by atoms with Gasteiger partial charge in [0.2, 0.25) is 0 Å². The molecule has 0 N–H and O–H groups in total. The van der Waals surface area contributed by atoms with Crippen molar-refractivity contribution in [2.24, 2.45) is 5.41 Å². The molecule has 4 rings (SSSR count). The smallest absolute Gasteiger partial charge is 0.335 e. The summed E-state index contributed by atoms with van der Waals surface area (Å²) < 4.78 is 32.5. The Kier molecular flexibility index (Phi) is 7.95. The molecule has 0 radical (unpaired) electrons. The summed E-state index contributed by atoms with van der Waals surface area (Å²) in [5.74, 6) is -4.29. The highest BCUT2D eigenvalue weighted by Gasteiger charge is 2.64. The molecule has 0 aliphatic heterocycles. The lowest BCUT2D eigenvalue weighted by Gasteiger charge is -2.37. The van der Waals surface area contributed by atoms with Crippen molar-refractivity contribution in [1.82, 2.24) is 4.57 Å². The lowest BCUT2D eigenvalue weighted by atomic mass is 9.67. The van der Waals surface area contributed by atoms with E-state index in [2.05, 4.69) is 0 Å². The van der Waals surface area contributed by atoms with E-state index >= 15 is 0 Å². The standard InChI is InChI=1S/C29H32FNO6/c1-4-35-26(32)29(27(33)36-5-2,28(34)37-6-3)23-14-10-13-21-22-17-20(30)15-16-24(22)31(25(21)23)18-19-11-8-7-9-12-19/h7-9,11-12,15-17,23H,4-6,10,13-14,18H2,1-3H3/t23-/m0/s1. The Morgan fingerprint density at radius 2 is 1.51 bits per heavy atom. The van der Waals surface area contributed by atoms with E-state index in [1.54, 1.807) is 26.8 Å². The number of hydrogen-bond donors (Lipinski definition) is 0. The van der Waals surface area contributed by atoms with Crippen molar-refractivity contribution in [3.05, 3.63) is 71.2 Å². The first kappa shape index (κ1) is 26.4. The van der Waals surface area contributed by atoms with Crippen molar-refractivity contribution >= 4 is 28.8 Å². The quantitative estimate of drug-likeness (QED) is 0.231. The predicted molar refractivity (Wildman–Crippen MR) is 135 cm³/mol. The Bertz CT molecular complexity index is 1250. The highest BCUT2D eigenvalue weighted by atomic mass is 19.1. The molecule has 0 saturated carbocycles. The molecule has 7 nitrogen and oxygen atoms in total. The van der Waals surface area contributed by atoms with Gasteiger partial charge < -0.3 is 18.8 Å². The summed E-state index contributed by atoms with van der Waals surface area (Å²) in [7, 11) is 0. The molecule has 0 fully saturated rings. The molecule has 37 heavy (non-hydrogen) atoms. The molecule has 0 unspecified atom stereocenters. The predicted octanol–water partition coefficient (Wildman–Crippen LogP) is 4.92. The van der Waals surface area contributed by atoms with Gasteiger partial charge in [-0.25, -0.2) is 4.39 Å². The summed E-state index contributed by atoms with van der Waals surface area (Å²) >= 11 is 0. The number of ether oxygens (including phenoxy) is 3. The first-order valence-corrected chi connectivity index (χ1v) is 12.8. The number of carbonyl (C=O) groups excluding carboxylic acids is 3. The molecule has 8 heteroatoms. The number of rotatable bonds is 9. The van der Waals surface area contributed by atoms with Crippen LogP contribution in [0.4, 0.5) is 4.39 Å². The first-order chi connectivity index (χ1) is 17.9. The fraction of sp³-hybridized carbons (Fsp3) is 0.414. The van der Waals surface area contributed by atoms with Crippen molar-refractivity contribution in [2.45, 2.75) is 52.5 Å². The maximum atomic E-state index is 14.4. The third kappa shape index (κ3) is 4.61. The van der Waals surface area contributed by atoms with Crippen LogP contribution in [0.3, 0.4) is 0 Å². The molecule has 0 spiro atoms. The van der Waals surface area contributed by atoms with Gasteiger partial charge in [0.05, 0.1) is 19.8 Å². The second-order valence-electron chi connectivity index (χ2n) is 9.01. The Hall–Kier alpha value is -3.68. The van der Waals surface area contributed by atoms with Crippen LogP contribution in [0.5, 0.6) is 0 Å². The number of halogens is 1.